The minimum atomic E-state index is 0.189. The van der Waals surface area contributed by atoms with E-state index in [0.717, 1.165) is 17.8 Å². The van der Waals surface area contributed by atoms with Crippen LogP contribution in [0.2, 0.25) is 0 Å². The van der Waals surface area contributed by atoms with Crippen molar-refractivity contribution in [2.45, 2.75) is 26.8 Å². The van der Waals surface area contributed by atoms with Crippen LogP contribution in [0, 0.1) is 12.3 Å². The lowest BCUT2D eigenvalue weighted by molar-refractivity contribution is 0.639. The van der Waals surface area contributed by atoms with Gasteiger partial charge in [0.1, 0.15) is 0 Å². The van der Waals surface area contributed by atoms with Gasteiger partial charge in [-0.25, -0.2) is 0 Å². The summed E-state index contributed by atoms with van der Waals surface area (Å²) in [6.07, 6.45) is 2.28. The molecule has 0 fully saturated rings. The Morgan fingerprint density at radius 1 is 1.75 bits per heavy atom. The average Bonchev–Trinajstić information content (AvgIpc) is 2.32. The molecule has 1 rings (SSSR count). The molecule has 4 nitrogen and oxygen atoms in total. The summed E-state index contributed by atoms with van der Waals surface area (Å²) in [6, 6.07) is 0. The van der Waals surface area contributed by atoms with E-state index in [0.29, 0.717) is 6.42 Å². The first-order chi connectivity index (χ1) is 5.65. The van der Waals surface area contributed by atoms with Gasteiger partial charge in [0.05, 0.1) is 12.0 Å². The van der Waals surface area contributed by atoms with Crippen molar-refractivity contribution in [3.63, 3.8) is 0 Å². The second-order valence-electron chi connectivity index (χ2n) is 2.77. The van der Waals surface area contributed by atoms with Crippen molar-refractivity contribution in [2.75, 3.05) is 0 Å². The van der Waals surface area contributed by atoms with E-state index in [-0.39, 0.29) is 5.84 Å². The molecule has 0 aliphatic heterocycles. The molecule has 0 unspecified atom stereocenters. The summed E-state index contributed by atoms with van der Waals surface area (Å²) in [4.78, 5) is 0. The van der Waals surface area contributed by atoms with Crippen molar-refractivity contribution in [1.82, 2.24) is 9.78 Å². The van der Waals surface area contributed by atoms with Gasteiger partial charge in [0, 0.05) is 24.2 Å². The molecular weight excluding hydrogens is 152 g/mol. The van der Waals surface area contributed by atoms with Crippen LogP contribution in [0.5, 0.6) is 0 Å². The first kappa shape index (κ1) is 8.77. The number of hydrogen-bond donors (Lipinski definition) is 2. The van der Waals surface area contributed by atoms with E-state index < -0.39 is 0 Å². The van der Waals surface area contributed by atoms with E-state index >= 15 is 0 Å². The smallest absolute Gasteiger partial charge is 0.0951 e. The van der Waals surface area contributed by atoms with Gasteiger partial charge in [-0.05, 0) is 13.8 Å². The van der Waals surface area contributed by atoms with E-state index in [1.54, 1.807) is 6.20 Å². The standard InChI is InChI=1S/C8H14N4/c1-3-12-6(2)7(5-11-12)4-8(9)10/h5H,3-4H2,1-2H3,(H3,9,10). The van der Waals surface area contributed by atoms with Gasteiger partial charge < -0.3 is 5.73 Å². The van der Waals surface area contributed by atoms with E-state index in [1.165, 1.54) is 0 Å². The number of aromatic nitrogens is 2. The molecule has 0 radical (unpaired) electrons. The van der Waals surface area contributed by atoms with Crippen LogP contribution in [0.3, 0.4) is 0 Å². The van der Waals surface area contributed by atoms with Crippen molar-refractivity contribution in [3.8, 4) is 0 Å². The fraction of sp³-hybridized carbons (Fsp3) is 0.500. The van der Waals surface area contributed by atoms with Crippen LogP contribution in [0.25, 0.3) is 0 Å². The van der Waals surface area contributed by atoms with Crippen molar-refractivity contribution >= 4 is 5.84 Å². The molecule has 0 aliphatic rings. The molecule has 1 aromatic rings. The van der Waals surface area contributed by atoms with Gasteiger partial charge in [-0.3, -0.25) is 10.1 Å². The summed E-state index contributed by atoms with van der Waals surface area (Å²) >= 11 is 0. The fourth-order valence-electron chi connectivity index (χ4n) is 1.18. The molecule has 0 bridgehead atoms. The zero-order valence-electron chi connectivity index (χ0n) is 7.46. The zero-order chi connectivity index (χ0) is 9.14. The van der Waals surface area contributed by atoms with Crippen LogP contribution in [-0.4, -0.2) is 15.6 Å². The van der Waals surface area contributed by atoms with Gasteiger partial charge in [-0.2, -0.15) is 5.10 Å². The Morgan fingerprint density at radius 2 is 2.42 bits per heavy atom. The maximum Gasteiger partial charge on any atom is 0.0951 e. The monoisotopic (exact) mass is 166 g/mol. The third-order valence-electron chi connectivity index (χ3n) is 1.89. The molecular formula is C8H14N4. The predicted octanol–water partition coefficient (Wildman–Crippen LogP) is 0.690. The highest BCUT2D eigenvalue weighted by atomic mass is 15.3. The molecule has 0 saturated heterocycles. The van der Waals surface area contributed by atoms with Gasteiger partial charge in [0.25, 0.3) is 0 Å². The molecule has 0 aromatic carbocycles. The normalized spacial score (nSPS) is 10.2. The lowest BCUT2D eigenvalue weighted by Crippen LogP contribution is -2.13. The average molecular weight is 166 g/mol. The van der Waals surface area contributed by atoms with Gasteiger partial charge in [-0.1, -0.05) is 0 Å². The molecule has 0 spiro atoms. The van der Waals surface area contributed by atoms with E-state index in [1.807, 2.05) is 18.5 Å². The van der Waals surface area contributed by atoms with Crippen LogP contribution in [0.1, 0.15) is 18.2 Å². The number of aryl methyl sites for hydroxylation is 1. The third kappa shape index (κ3) is 1.64. The number of nitrogens with zero attached hydrogens (tertiary/aromatic N) is 2. The molecule has 3 N–H and O–H groups in total. The van der Waals surface area contributed by atoms with Gasteiger partial charge in [0.2, 0.25) is 0 Å². The summed E-state index contributed by atoms with van der Waals surface area (Å²) in [5, 5.41) is 11.3. The Hall–Kier alpha value is -1.32. The highest BCUT2D eigenvalue weighted by Gasteiger charge is 2.05. The van der Waals surface area contributed by atoms with Crippen LogP contribution >= 0.6 is 0 Å². The van der Waals surface area contributed by atoms with Crippen molar-refractivity contribution in [3.05, 3.63) is 17.5 Å². The number of rotatable bonds is 3. The number of hydrogen-bond acceptors (Lipinski definition) is 2. The molecule has 4 heteroatoms. The predicted molar refractivity (Wildman–Crippen MR) is 48.3 cm³/mol. The number of nitrogens with two attached hydrogens (primary N) is 1. The quantitative estimate of drug-likeness (QED) is 0.512. The first-order valence-corrected chi connectivity index (χ1v) is 3.99. The summed E-state index contributed by atoms with van der Waals surface area (Å²) < 4.78 is 1.90. The summed E-state index contributed by atoms with van der Waals surface area (Å²) in [5.74, 6) is 0.189. The number of nitrogens with one attached hydrogen (secondary N) is 1. The van der Waals surface area contributed by atoms with Crippen molar-refractivity contribution in [1.29, 1.82) is 5.41 Å². The largest absolute Gasteiger partial charge is 0.387 e. The van der Waals surface area contributed by atoms with Crippen LogP contribution in [-0.2, 0) is 13.0 Å². The summed E-state index contributed by atoms with van der Waals surface area (Å²) in [5.41, 5.74) is 7.44. The molecule has 0 atom stereocenters. The van der Waals surface area contributed by atoms with Crippen LogP contribution in [0.4, 0.5) is 0 Å². The second-order valence-corrected chi connectivity index (χ2v) is 2.77. The molecule has 12 heavy (non-hydrogen) atoms. The second kappa shape index (κ2) is 3.38. The molecule has 1 aromatic heterocycles. The fourth-order valence-corrected chi connectivity index (χ4v) is 1.18. The van der Waals surface area contributed by atoms with Crippen LogP contribution in [0.15, 0.2) is 6.20 Å². The Morgan fingerprint density at radius 3 is 2.83 bits per heavy atom. The molecule has 1 heterocycles. The SMILES string of the molecule is CCn1ncc(CC(=N)N)c1C. The van der Waals surface area contributed by atoms with Crippen molar-refractivity contribution < 1.29 is 0 Å². The third-order valence-corrected chi connectivity index (χ3v) is 1.89. The highest BCUT2D eigenvalue weighted by molar-refractivity contribution is 5.79. The lowest BCUT2D eigenvalue weighted by Gasteiger charge is -2.00. The number of amidine groups is 1. The highest BCUT2D eigenvalue weighted by Crippen LogP contribution is 2.06. The van der Waals surface area contributed by atoms with Crippen molar-refractivity contribution in [2.24, 2.45) is 5.73 Å². The Kier molecular flexibility index (Phi) is 2.47. The van der Waals surface area contributed by atoms with Crippen LogP contribution < -0.4 is 5.73 Å². The Balaban J connectivity index is 2.87. The maximum absolute atomic E-state index is 7.14. The molecule has 66 valence electrons. The summed E-state index contributed by atoms with van der Waals surface area (Å²) in [6.45, 7) is 4.90. The Labute approximate surface area is 71.9 Å². The van der Waals surface area contributed by atoms with E-state index in [2.05, 4.69) is 5.10 Å². The molecule has 0 saturated carbocycles. The first-order valence-electron chi connectivity index (χ1n) is 3.99. The maximum atomic E-state index is 7.14. The zero-order valence-corrected chi connectivity index (χ0v) is 7.46. The Bertz CT molecular complexity index is 287. The minimum absolute atomic E-state index is 0.189. The topological polar surface area (TPSA) is 67.7 Å². The van der Waals surface area contributed by atoms with Gasteiger partial charge in [-0.15, -0.1) is 0 Å². The summed E-state index contributed by atoms with van der Waals surface area (Å²) in [7, 11) is 0. The van der Waals surface area contributed by atoms with Gasteiger partial charge >= 0.3 is 0 Å². The lowest BCUT2D eigenvalue weighted by atomic mass is 10.2. The van der Waals surface area contributed by atoms with E-state index in [4.69, 9.17) is 11.1 Å². The minimum Gasteiger partial charge on any atom is -0.387 e. The molecule has 0 amide bonds. The van der Waals surface area contributed by atoms with Gasteiger partial charge in [0.15, 0.2) is 0 Å². The van der Waals surface area contributed by atoms with E-state index in [9.17, 15) is 0 Å². The molecule has 0 aliphatic carbocycles.